The summed E-state index contributed by atoms with van der Waals surface area (Å²) >= 11 is 0. The number of anilines is 4. The third-order valence-electron chi connectivity index (χ3n) is 28.4. The van der Waals surface area contributed by atoms with E-state index in [1.54, 1.807) is 67.3 Å². The van der Waals surface area contributed by atoms with E-state index in [1.165, 1.54) is 30.3 Å². The Kier molecular flexibility index (Phi) is 25.9. The van der Waals surface area contributed by atoms with Gasteiger partial charge in [0.15, 0.2) is 11.6 Å². The van der Waals surface area contributed by atoms with Crippen molar-refractivity contribution in [2.24, 2.45) is 23.7 Å². The first-order valence-corrected chi connectivity index (χ1v) is 47.9. The zero-order chi connectivity index (χ0) is 101. The van der Waals surface area contributed by atoms with E-state index in [9.17, 15) is 91.0 Å². The molecule has 24 rings (SSSR count). The van der Waals surface area contributed by atoms with Crippen LogP contribution >= 0.6 is 0 Å². The number of aromatic nitrogens is 4. The second-order valence-electron chi connectivity index (χ2n) is 38.1. The fourth-order valence-corrected chi connectivity index (χ4v) is 21.0. The summed E-state index contributed by atoms with van der Waals surface area (Å²) in [6.45, 7) is 0. The number of pyridine rings is 4. The predicted octanol–water partition coefficient (Wildman–Crippen LogP) is 22.4. The number of nitrogens with one attached hydrogen (secondary N) is 4. The van der Waals surface area contributed by atoms with Crippen molar-refractivity contribution in [1.29, 1.82) is 0 Å². The van der Waals surface area contributed by atoms with Gasteiger partial charge < -0.3 is 59.2 Å². The summed E-state index contributed by atoms with van der Waals surface area (Å²) in [5, 5.41) is 11.0. The molecule has 4 N–H and O–H groups in total. The minimum absolute atomic E-state index is 0.00256. The van der Waals surface area contributed by atoms with Crippen LogP contribution in [0.3, 0.4) is 0 Å². The number of aryl methyl sites for hydroxylation is 3. The number of carbonyl (C=O) groups is 8. The van der Waals surface area contributed by atoms with Crippen LogP contribution in [0, 0.1) is 41.1 Å². The average Bonchev–Trinajstić information content (AvgIpc) is 1.57. The molecule has 8 aromatic carbocycles. The highest BCUT2D eigenvalue weighted by molar-refractivity contribution is 5.96. The van der Waals surface area contributed by atoms with Gasteiger partial charge in [-0.05, 0) is 189 Å². The number of Topliss-reactive ketones (excluding diaryl/α,β-unsaturated/α-hetero) is 4. The average molecular weight is 2010 g/mol. The number of nitrogens with zero attached hydrogens (tertiary/aromatic N) is 4. The highest BCUT2D eigenvalue weighted by Gasteiger charge is 2.62. The van der Waals surface area contributed by atoms with Gasteiger partial charge in [-0.1, -0.05) is 48.5 Å². The van der Waals surface area contributed by atoms with E-state index in [1.807, 2.05) is 66.7 Å². The van der Waals surface area contributed by atoms with Crippen LogP contribution in [0.5, 0.6) is 69.0 Å². The number of rotatable bonds is 27. The minimum atomic E-state index is -4.44. The molecule has 0 unspecified atom stereocenters. The van der Waals surface area contributed by atoms with Gasteiger partial charge in [0, 0.05) is 205 Å². The van der Waals surface area contributed by atoms with Crippen molar-refractivity contribution in [3.05, 3.63) is 308 Å². The van der Waals surface area contributed by atoms with E-state index in [4.69, 9.17) is 37.9 Å². The van der Waals surface area contributed by atoms with Crippen LogP contribution in [0.1, 0.15) is 178 Å². The summed E-state index contributed by atoms with van der Waals surface area (Å²) < 4.78 is 206. The lowest BCUT2D eigenvalue weighted by atomic mass is 9.98. The van der Waals surface area contributed by atoms with Crippen LogP contribution in [-0.4, -0.2) is 91.1 Å². The van der Waals surface area contributed by atoms with Crippen molar-refractivity contribution < 1.29 is 129 Å². The van der Waals surface area contributed by atoms with Gasteiger partial charge in [0.25, 0.3) is 0 Å². The molecule has 12 atom stereocenters. The number of fused-ring (bicyclic) bond motifs is 16. The van der Waals surface area contributed by atoms with Crippen LogP contribution in [0.25, 0.3) is 0 Å². The Labute approximate surface area is 825 Å². The summed E-state index contributed by atoms with van der Waals surface area (Å²) in [7, 11) is 0. The fourth-order valence-electron chi connectivity index (χ4n) is 21.0. The molecule has 4 saturated carbocycles. The standard InChI is InChI=1S/3C28H23F3N2O4.C26H19F3N2O4/c29-28(30,31)16-4-1-15(2-5-16)3-6-17(34)13-21-25-20-14-18(7-9-22(20)37-26(21)25)36-23-11-12-32-27-19(23)8-10-24(35)33-27;29-28(30,31)16-3-1-2-15(12-16)4-5-17(34)13-21-25-20-14-18(6-8-22(20)37-26(21)25)36-23-10-11-32-27-19(23)7-9-24(35)33-27;29-28(30,31)21-4-2-1-3-15(21)5-6-16(34)13-20-25-19-14-17(7-9-22(19)37-26(20)25)36-23-11-12-32-27-18(23)8-10-24(35)33-27;27-13-7-12(24(29)19(28)9-13)8-14(32)10-18-23-17-11-15(1-3-20(17)35-25(18)23)34-21-5-6-30-26-16(21)2-4-22(33)31-26/h1-2,4-5,7,9,11-12,14,21,25-26H,3,6,8,10,13H2,(H,32,33,35);1-3,6,8,10-12,14,21,25-26H,4-5,7,9,13H2,(H,32,33,35);1-4,7,9,11-12,14,20,25-26H,5-6,8,10,13H2,(H,32,33,35);1,3,5-7,9,11,18,23,25H,2,4,8,10H2,(H,30,31,33)/t2*21-,25-,26+;20-,25-,26+;18-,23-,25+/m0000/s1. The number of benzene rings is 8. The third-order valence-corrected chi connectivity index (χ3v) is 28.4. The SMILES string of the molecule is O=C(CCc1ccc(C(F)(F)F)cc1)C[C@@H]1[C@H]2Oc3ccc(Oc4ccnc5c4CCC(=O)N5)cc3[C@@H]12.O=C(CCc1cccc(C(F)(F)F)c1)C[C@@H]1[C@H]2Oc3ccc(Oc4ccnc5c4CCC(=O)N5)cc3[C@@H]12.O=C(CCc1ccccc1C(F)(F)F)C[C@@H]1[C@H]2Oc3ccc(Oc4ccnc5c4CCC(=O)N5)cc3[C@@H]12.O=C(Cc1cc(F)cc(F)c1F)C[C@@H]1[C@H]2Oc3ccc(Oc4ccnc5c4CCC(=O)N5)cc3[C@@H]12. The summed E-state index contributed by atoms with van der Waals surface area (Å²) in [6.07, 6.45) is -1.57. The molecule has 0 bridgehead atoms. The first-order chi connectivity index (χ1) is 70.2. The summed E-state index contributed by atoms with van der Waals surface area (Å²) in [5.41, 5.74) is 6.28. The smallest absolute Gasteiger partial charge is 0.416 e. The Morgan fingerprint density at radius 3 is 1.05 bits per heavy atom. The summed E-state index contributed by atoms with van der Waals surface area (Å²) in [4.78, 5) is 114. The number of ether oxygens (including phenoxy) is 8. The second-order valence-corrected chi connectivity index (χ2v) is 38.1. The quantitative estimate of drug-likeness (QED) is 0.0274. The van der Waals surface area contributed by atoms with E-state index < -0.39 is 52.7 Å². The van der Waals surface area contributed by atoms with E-state index >= 15 is 0 Å². The molecule has 12 aliphatic rings. The lowest BCUT2D eigenvalue weighted by molar-refractivity contribution is -0.139. The molecule has 12 aromatic rings. The van der Waals surface area contributed by atoms with Crippen LogP contribution in [0.4, 0.5) is 76.0 Å². The maximum Gasteiger partial charge on any atom is 0.416 e. The number of alkyl halides is 9. The molecule has 4 aromatic heterocycles. The van der Waals surface area contributed by atoms with Crippen LogP contribution in [-0.2, 0) is 108 Å². The van der Waals surface area contributed by atoms with Crippen LogP contribution in [0.15, 0.2) is 207 Å². The Balaban J connectivity index is 0.000000114. The Hall–Kier alpha value is -15.5. The number of amides is 4. The lowest BCUT2D eigenvalue weighted by Crippen LogP contribution is -2.20. The van der Waals surface area contributed by atoms with Crippen molar-refractivity contribution in [1.82, 2.24) is 19.9 Å². The Bertz CT molecular complexity index is 7290. The maximum atomic E-state index is 13.9. The van der Waals surface area contributed by atoms with Gasteiger partial charge in [0.1, 0.15) is 146 Å². The first kappa shape index (κ1) is 96.6. The lowest BCUT2D eigenvalue weighted by Gasteiger charge is -2.19. The number of ketones is 4. The fraction of sp³-hybridized carbons (Fsp3) is 0.309. The molecule has 24 nitrogen and oxygen atoms in total. The van der Waals surface area contributed by atoms with Crippen molar-refractivity contribution >= 4 is 70.0 Å². The maximum absolute atomic E-state index is 13.9. The van der Waals surface area contributed by atoms with Gasteiger partial charge >= 0.3 is 18.5 Å². The molecule has 4 aliphatic carbocycles. The topological polar surface area (TPSA) is 310 Å². The van der Waals surface area contributed by atoms with Crippen molar-refractivity contribution in [3.63, 3.8) is 0 Å². The molecule has 0 spiro atoms. The number of hydrogen-bond acceptors (Lipinski definition) is 20. The van der Waals surface area contributed by atoms with Crippen molar-refractivity contribution in [3.8, 4) is 69.0 Å². The number of carbonyl (C=O) groups excluding carboxylic acids is 8. The molecule has 4 fully saturated rings. The minimum Gasteiger partial charge on any atom is -0.489 e. The van der Waals surface area contributed by atoms with Gasteiger partial charge in [-0.25, -0.2) is 33.1 Å². The summed E-state index contributed by atoms with van der Waals surface area (Å²) in [5.74, 6) is 6.46. The van der Waals surface area contributed by atoms with E-state index in [0.717, 1.165) is 104 Å². The molecular formula is C110H88F12N8O16. The second kappa shape index (κ2) is 39.2. The normalized spacial score (nSPS) is 21.3. The molecule has 12 heterocycles. The third kappa shape index (κ3) is 20.8. The van der Waals surface area contributed by atoms with Gasteiger partial charge in [-0.2, -0.15) is 39.5 Å². The first-order valence-electron chi connectivity index (χ1n) is 47.9. The molecule has 8 aliphatic heterocycles. The number of halogens is 12. The van der Waals surface area contributed by atoms with E-state index in [0.29, 0.717) is 157 Å². The highest BCUT2D eigenvalue weighted by Crippen LogP contribution is 2.65. The van der Waals surface area contributed by atoms with E-state index in [-0.39, 0.29) is 181 Å². The molecular weight excluding hydrogens is 1920 g/mol. The molecule has 36 heteroatoms. The molecule has 146 heavy (non-hydrogen) atoms. The zero-order valence-electron chi connectivity index (χ0n) is 77.3. The van der Waals surface area contributed by atoms with Gasteiger partial charge in [-0.15, -0.1) is 0 Å². The largest absolute Gasteiger partial charge is 0.489 e. The number of hydrogen-bond donors (Lipinski definition) is 4. The Morgan fingerprint density at radius 2 is 0.685 bits per heavy atom. The van der Waals surface area contributed by atoms with E-state index in [2.05, 4.69) is 41.2 Å². The molecule has 0 radical (unpaired) electrons. The van der Waals surface area contributed by atoms with Gasteiger partial charge in [0.2, 0.25) is 23.6 Å². The molecule has 4 amide bonds. The van der Waals surface area contributed by atoms with Gasteiger partial charge in [0.05, 0.1) is 16.7 Å². The van der Waals surface area contributed by atoms with Crippen LogP contribution in [0.2, 0.25) is 0 Å². The monoisotopic (exact) mass is 2000 g/mol. The predicted molar refractivity (Wildman–Crippen MR) is 501 cm³/mol. The van der Waals surface area contributed by atoms with Crippen molar-refractivity contribution in [2.45, 2.75) is 189 Å². The molecule has 0 saturated heterocycles. The van der Waals surface area contributed by atoms with Crippen LogP contribution < -0.4 is 59.2 Å². The highest BCUT2D eigenvalue weighted by atomic mass is 19.4. The van der Waals surface area contributed by atoms with Gasteiger partial charge in [-0.3, -0.25) is 38.4 Å². The van der Waals surface area contributed by atoms with Crippen molar-refractivity contribution in [2.75, 3.05) is 21.3 Å². The summed E-state index contributed by atoms with van der Waals surface area (Å²) in [6, 6.07) is 46.2. The zero-order valence-corrected chi connectivity index (χ0v) is 77.3. The molecule has 748 valence electrons. The Morgan fingerprint density at radius 1 is 0.336 bits per heavy atom.